The van der Waals surface area contributed by atoms with Gasteiger partial charge in [-0.05, 0) is 42.8 Å². The van der Waals surface area contributed by atoms with E-state index in [1.54, 1.807) is 18.2 Å². The van der Waals surface area contributed by atoms with Crippen molar-refractivity contribution in [3.8, 4) is 28.6 Å². The third kappa shape index (κ3) is 2.93. The predicted octanol–water partition coefficient (Wildman–Crippen LogP) is 2.61. The number of hydrogen-bond acceptors (Lipinski definition) is 5. The van der Waals surface area contributed by atoms with Crippen LogP contribution in [0.5, 0.6) is 5.75 Å². The van der Waals surface area contributed by atoms with E-state index >= 15 is 0 Å². The number of aromatic hydroxyl groups is 1. The highest BCUT2D eigenvalue weighted by molar-refractivity contribution is 5.61. The molecule has 0 radical (unpaired) electrons. The van der Waals surface area contributed by atoms with Gasteiger partial charge in [0.1, 0.15) is 5.75 Å². The molecule has 0 aliphatic rings. The Morgan fingerprint density at radius 1 is 1.05 bits per heavy atom. The minimum Gasteiger partial charge on any atom is -0.508 e. The molecule has 0 saturated heterocycles. The monoisotopic (exact) mass is 281 g/mol. The molecule has 0 atom stereocenters. The van der Waals surface area contributed by atoms with Gasteiger partial charge in [0.05, 0.1) is 0 Å². The van der Waals surface area contributed by atoms with Crippen LogP contribution in [0.2, 0.25) is 0 Å². The van der Waals surface area contributed by atoms with Crippen LogP contribution in [0, 0.1) is 0 Å². The van der Waals surface area contributed by atoms with Crippen molar-refractivity contribution < 1.29 is 9.63 Å². The number of nitrogens with zero attached hydrogens (tertiary/aromatic N) is 2. The van der Waals surface area contributed by atoms with Crippen LogP contribution in [0.1, 0.15) is 5.56 Å². The van der Waals surface area contributed by atoms with Gasteiger partial charge in [-0.15, -0.1) is 0 Å². The standard InChI is InChI=1S/C16H15N3O2/c17-8-7-11-3-1-5-13(9-11)16-18-15(19-21-16)12-4-2-6-14(20)10-12/h1-6,9-10,20H,7-8,17H2. The van der Waals surface area contributed by atoms with E-state index in [0.29, 0.717) is 23.8 Å². The number of hydrogen-bond donors (Lipinski definition) is 2. The Hall–Kier alpha value is -2.66. The first-order chi connectivity index (χ1) is 10.3. The molecular formula is C16H15N3O2. The van der Waals surface area contributed by atoms with Crippen LogP contribution in [-0.2, 0) is 6.42 Å². The molecule has 21 heavy (non-hydrogen) atoms. The number of aromatic nitrogens is 2. The van der Waals surface area contributed by atoms with Crippen LogP contribution in [0.15, 0.2) is 53.1 Å². The second kappa shape index (κ2) is 5.76. The maximum atomic E-state index is 9.50. The Morgan fingerprint density at radius 3 is 2.67 bits per heavy atom. The van der Waals surface area contributed by atoms with E-state index in [0.717, 1.165) is 17.5 Å². The lowest BCUT2D eigenvalue weighted by atomic mass is 10.1. The van der Waals surface area contributed by atoms with Gasteiger partial charge < -0.3 is 15.4 Å². The third-order valence-corrected chi connectivity index (χ3v) is 3.14. The lowest BCUT2D eigenvalue weighted by molar-refractivity contribution is 0.432. The summed E-state index contributed by atoms with van der Waals surface area (Å²) in [5, 5.41) is 13.5. The lowest BCUT2D eigenvalue weighted by Crippen LogP contribution is -2.02. The first-order valence-electron chi connectivity index (χ1n) is 6.69. The van der Waals surface area contributed by atoms with E-state index in [2.05, 4.69) is 10.1 Å². The zero-order valence-electron chi connectivity index (χ0n) is 11.4. The van der Waals surface area contributed by atoms with E-state index in [4.69, 9.17) is 10.3 Å². The number of benzene rings is 2. The average molecular weight is 281 g/mol. The van der Waals surface area contributed by atoms with Crippen molar-refractivity contribution >= 4 is 0 Å². The highest BCUT2D eigenvalue weighted by Gasteiger charge is 2.11. The molecule has 0 unspecified atom stereocenters. The summed E-state index contributed by atoms with van der Waals surface area (Å²) in [6, 6.07) is 14.6. The Kier molecular flexibility index (Phi) is 3.66. The van der Waals surface area contributed by atoms with Crippen molar-refractivity contribution in [3.05, 3.63) is 54.1 Å². The van der Waals surface area contributed by atoms with E-state index in [1.807, 2.05) is 30.3 Å². The van der Waals surface area contributed by atoms with Crippen molar-refractivity contribution in [2.45, 2.75) is 6.42 Å². The Balaban J connectivity index is 1.93. The summed E-state index contributed by atoms with van der Waals surface area (Å²) in [4.78, 5) is 4.37. The van der Waals surface area contributed by atoms with Crippen molar-refractivity contribution in [3.63, 3.8) is 0 Å². The second-order valence-corrected chi connectivity index (χ2v) is 4.71. The molecule has 0 fully saturated rings. The molecule has 0 aliphatic carbocycles. The van der Waals surface area contributed by atoms with Crippen LogP contribution in [0.4, 0.5) is 0 Å². The molecule has 1 aromatic heterocycles. The molecule has 0 saturated carbocycles. The minimum absolute atomic E-state index is 0.170. The molecule has 0 aliphatic heterocycles. The van der Waals surface area contributed by atoms with Gasteiger partial charge in [0.25, 0.3) is 5.89 Å². The fourth-order valence-electron chi connectivity index (χ4n) is 2.13. The summed E-state index contributed by atoms with van der Waals surface area (Å²) in [6.07, 6.45) is 0.807. The van der Waals surface area contributed by atoms with Gasteiger partial charge in [0, 0.05) is 11.1 Å². The van der Waals surface area contributed by atoms with Gasteiger partial charge in [-0.2, -0.15) is 4.98 Å². The zero-order chi connectivity index (χ0) is 14.7. The van der Waals surface area contributed by atoms with Crippen LogP contribution in [-0.4, -0.2) is 21.8 Å². The predicted molar refractivity (Wildman–Crippen MR) is 79.6 cm³/mol. The smallest absolute Gasteiger partial charge is 0.258 e. The van der Waals surface area contributed by atoms with Gasteiger partial charge in [0.15, 0.2) is 0 Å². The van der Waals surface area contributed by atoms with Gasteiger partial charge in [-0.3, -0.25) is 0 Å². The quantitative estimate of drug-likeness (QED) is 0.767. The van der Waals surface area contributed by atoms with Crippen LogP contribution < -0.4 is 5.73 Å². The third-order valence-electron chi connectivity index (χ3n) is 3.14. The Bertz CT molecular complexity index is 753. The number of phenols is 1. The van der Waals surface area contributed by atoms with Crippen molar-refractivity contribution in [1.29, 1.82) is 0 Å². The highest BCUT2D eigenvalue weighted by atomic mass is 16.5. The fraction of sp³-hybridized carbons (Fsp3) is 0.125. The Morgan fingerprint density at radius 2 is 1.86 bits per heavy atom. The van der Waals surface area contributed by atoms with Gasteiger partial charge in [-0.25, -0.2) is 0 Å². The minimum atomic E-state index is 0.170. The molecule has 1 heterocycles. The molecule has 0 amide bonds. The molecule has 3 N–H and O–H groups in total. The number of phenolic OH excluding ortho intramolecular Hbond substituents is 1. The first kappa shape index (κ1) is 13.3. The van der Waals surface area contributed by atoms with Gasteiger partial charge in [-0.1, -0.05) is 29.4 Å². The highest BCUT2D eigenvalue weighted by Crippen LogP contribution is 2.24. The van der Waals surface area contributed by atoms with Crippen LogP contribution in [0.25, 0.3) is 22.8 Å². The molecular weight excluding hydrogens is 266 g/mol. The molecule has 3 aromatic rings. The summed E-state index contributed by atoms with van der Waals surface area (Å²) < 4.78 is 5.30. The maximum absolute atomic E-state index is 9.50. The molecule has 0 bridgehead atoms. The molecule has 3 rings (SSSR count). The molecule has 5 nitrogen and oxygen atoms in total. The first-order valence-corrected chi connectivity index (χ1v) is 6.69. The van der Waals surface area contributed by atoms with Crippen molar-refractivity contribution in [2.24, 2.45) is 5.73 Å². The van der Waals surface area contributed by atoms with Crippen molar-refractivity contribution in [2.75, 3.05) is 6.54 Å². The number of nitrogens with two attached hydrogens (primary N) is 1. The lowest BCUT2D eigenvalue weighted by Gasteiger charge is -2.00. The normalized spacial score (nSPS) is 10.7. The summed E-state index contributed by atoms with van der Waals surface area (Å²) in [7, 11) is 0. The van der Waals surface area contributed by atoms with E-state index in [1.165, 1.54) is 0 Å². The van der Waals surface area contributed by atoms with Crippen molar-refractivity contribution in [1.82, 2.24) is 10.1 Å². The van der Waals surface area contributed by atoms with Gasteiger partial charge >= 0.3 is 0 Å². The molecule has 5 heteroatoms. The largest absolute Gasteiger partial charge is 0.508 e. The average Bonchev–Trinajstić information content (AvgIpc) is 2.98. The van der Waals surface area contributed by atoms with E-state index in [-0.39, 0.29) is 5.75 Å². The molecule has 2 aromatic carbocycles. The number of rotatable bonds is 4. The molecule has 106 valence electrons. The van der Waals surface area contributed by atoms with Crippen LogP contribution >= 0.6 is 0 Å². The summed E-state index contributed by atoms with van der Waals surface area (Å²) in [5.74, 6) is 1.07. The summed E-state index contributed by atoms with van der Waals surface area (Å²) in [6.45, 7) is 0.599. The SMILES string of the molecule is NCCc1cccc(-c2nc(-c3cccc(O)c3)no2)c1. The summed E-state index contributed by atoms with van der Waals surface area (Å²) >= 11 is 0. The zero-order valence-corrected chi connectivity index (χ0v) is 11.4. The van der Waals surface area contributed by atoms with E-state index < -0.39 is 0 Å². The fourth-order valence-corrected chi connectivity index (χ4v) is 2.13. The topological polar surface area (TPSA) is 85.2 Å². The Labute approximate surface area is 122 Å². The van der Waals surface area contributed by atoms with Gasteiger partial charge in [0.2, 0.25) is 5.82 Å². The molecule has 0 spiro atoms. The summed E-state index contributed by atoms with van der Waals surface area (Å²) in [5.41, 5.74) is 8.27. The second-order valence-electron chi connectivity index (χ2n) is 4.71. The van der Waals surface area contributed by atoms with E-state index in [9.17, 15) is 5.11 Å². The van der Waals surface area contributed by atoms with Crippen LogP contribution in [0.3, 0.4) is 0 Å². The maximum Gasteiger partial charge on any atom is 0.258 e.